The predicted molar refractivity (Wildman–Crippen MR) is 171 cm³/mol. The van der Waals surface area contributed by atoms with Crippen LogP contribution in [-0.4, -0.2) is 48.7 Å². The SMILES string of the molecule is CCCCCOc1ccc(C2/C(=C(\O)c3ccc(OC)cc3)C(=O)C(=O)N2c2nc3ccc(OCC)cc3s2)cc1OCC. The van der Waals surface area contributed by atoms with Crippen LogP contribution in [0.25, 0.3) is 16.0 Å². The van der Waals surface area contributed by atoms with Crippen LogP contribution in [0.3, 0.4) is 0 Å². The molecule has 1 aromatic heterocycles. The molecule has 1 N–H and O–H groups in total. The highest BCUT2D eigenvalue weighted by Gasteiger charge is 2.48. The predicted octanol–water partition coefficient (Wildman–Crippen LogP) is 7.30. The molecule has 2 heterocycles. The molecule has 3 aromatic carbocycles. The second-order valence-electron chi connectivity index (χ2n) is 10.2. The van der Waals surface area contributed by atoms with Crippen LogP contribution in [-0.2, 0) is 9.59 Å². The van der Waals surface area contributed by atoms with Crippen molar-refractivity contribution in [3.8, 4) is 23.0 Å². The zero-order chi connectivity index (χ0) is 31.2. The maximum Gasteiger partial charge on any atom is 0.301 e. The molecular weight excluding hydrogens is 580 g/mol. The van der Waals surface area contributed by atoms with Crippen LogP contribution in [0.4, 0.5) is 5.13 Å². The van der Waals surface area contributed by atoms with Gasteiger partial charge in [-0.2, -0.15) is 0 Å². The Morgan fingerprint density at radius 1 is 0.886 bits per heavy atom. The smallest absolute Gasteiger partial charge is 0.301 e. The highest BCUT2D eigenvalue weighted by molar-refractivity contribution is 7.22. The van der Waals surface area contributed by atoms with E-state index in [2.05, 4.69) is 6.92 Å². The van der Waals surface area contributed by atoms with E-state index in [1.54, 1.807) is 49.6 Å². The van der Waals surface area contributed by atoms with Crippen molar-refractivity contribution in [1.29, 1.82) is 0 Å². The third-order valence-corrected chi connectivity index (χ3v) is 8.28. The Kier molecular flexibility index (Phi) is 9.69. The number of Topliss-reactive ketones (excluding diaryl/α,β-unsaturated/α-hetero) is 1. The first-order chi connectivity index (χ1) is 21.4. The number of aliphatic hydroxyl groups is 1. The number of aliphatic hydroxyl groups excluding tert-OH is 1. The number of anilines is 1. The first-order valence-corrected chi connectivity index (χ1v) is 15.6. The molecule has 230 valence electrons. The van der Waals surface area contributed by atoms with E-state index in [-0.39, 0.29) is 11.3 Å². The van der Waals surface area contributed by atoms with Gasteiger partial charge in [0.05, 0.1) is 48.8 Å². The first kappa shape index (κ1) is 30.9. The van der Waals surface area contributed by atoms with E-state index in [0.717, 1.165) is 24.0 Å². The molecular formula is C34H36N2O7S. The molecule has 0 spiro atoms. The van der Waals surface area contributed by atoms with Crippen molar-refractivity contribution in [2.45, 2.75) is 46.1 Å². The Labute approximate surface area is 260 Å². The number of ketones is 1. The third-order valence-electron chi connectivity index (χ3n) is 7.26. The number of aromatic nitrogens is 1. The number of unbranched alkanes of at least 4 members (excludes halogenated alkanes) is 2. The Morgan fingerprint density at radius 3 is 2.34 bits per heavy atom. The Bertz CT molecular complexity index is 1680. The molecule has 44 heavy (non-hydrogen) atoms. The van der Waals surface area contributed by atoms with Gasteiger partial charge in [0.1, 0.15) is 17.3 Å². The molecule has 10 heteroatoms. The normalized spacial score (nSPS) is 16.0. The molecule has 0 bridgehead atoms. The van der Waals surface area contributed by atoms with Crippen molar-refractivity contribution in [1.82, 2.24) is 4.98 Å². The minimum atomic E-state index is -0.975. The van der Waals surface area contributed by atoms with Gasteiger partial charge in [0, 0.05) is 5.56 Å². The number of nitrogens with zero attached hydrogens (tertiary/aromatic N) is 2. The van der Waals surface area contributed by atoms with Gasteiger partial charge in [-0.1, -0.05) is 37.2 Å². The Hall–Kier alpha value is -4.57. The van der Waals surface area contributed by atoms with Crippen molar-refractivity contribution in [2.75, 3.05) is 31.8 Å². The summed E-state index contributed by atoms with van der Waals surface area (Å²) < 4.78 is 23.7. The lowest BCUT2D eigenvalue weighted by atomic mass is 9.95. The van der Waals surface area contributed by atoms with E-state index in [4.69, 9.17) is 23.9 Å². The fraction of sp³-hybridized carbons (Fsp3) is 0.324. The Morgan fingerprint density at radius 2 is 1.64 bits per heavy atom. The number of amides is 1. The fourth-order valence-electron chi connectivity index (χ4n) is 5.12. The summed E-state index contributed by atoms with van der Waals surface area (Å²) >= 11 is 1.27. The number of fused-ring (bicyclic) bond motifs is 1. The number of carbonyl (C=O) groups excluding carboxylic acids is 2. The molecule has 1 atom stereocenters. The standard InChI is InChI=1S/C34H36N2O7S/c1-5-8-9-18-43-26-17-12-22(19-27(26)42-7-3)30-29(31(37)21-10-13-23(40-4)14-11-21)32(38)33(39)36(30)34-35-25-16-15-24(41-6-2)20-28(25)44-34/h10-17,19-20,30,37H,5-9,18H2,1-4H3/b31-29+. The second kappa shape index (κ2) is 13.8. The van der Waals surface area contributed by atoms with Crippen LogP contribution in [0.5, 0.6) is 23.0 Å². The Balaban J connectivity index is 1.65. The van der Waals surface area contributed by atoms with Gasteiger partial charge in [-0.25, -0.2) is 4.98 Å². The lowest BCUT2D eigenvalue weighted by molar-refractivity contribution is -0.132. The van der Waals surface area contributed by atoms with Gasteiger partial charge >= 0.3 is 5.91 Å². The molecule has 0 saturated carbocycles. The zero-order valence-electron chi connectivity index (χ0n) is 25.3. The molecule has 0 aliphatic carbocycles. The molecule has 1 saturated heterocycles. The number of hydrogen-bond acceptors (Lipinski definition) is 9. The number of carbonyl (C=O) groups is 2. The van der Waals surface area contributed by atoms with E-state index in [1.165, 1.54) is 16.2 Å². The largest absolute Gasteiger partial charge is 0.507 e. The van der Waals surface area contributed by atoms with Crippen molar-refractivity contribution in [2.24, 2.45) is 0 Å². The van der Waals surface area contributed by atoms with Crippen LogP contribution in [0, 0.1) is 0 Å². The molecule has 0 radical (unpaired) electrons. The minimum absolute atomic E-state index is 0.0477. The quantitative estimate of drug-likeness (QED) is 0.0722. The van der Waals surface area contributed by atoms with Gasteiger partial charge in [-0.15, -0.1) is 0 Å². The summed E-state index contributed by atoms with van der Waals surface area (Å²) in [5.41, 5.74) is 1.56. The average molecular weight is 617 g/mol. The van der Waals surface area contributed by atoms with E-state index in [1.807, 2.05) is 32.0 Å². The van der Waals surface area contributed by atoms with Gasteiger partial charge in [-0.05, 0) is 80.4 Å². The monoisotopic (exact) mass is 616 g/mol. The number of methoxy groups -OCH3 is 1. The van der Waals surface area contributed by atoms with Crippen molar-refractivity contribution < 1.29 is 33.6 Å². The summed E-state index contributed by atoms with van der Waals surface area (Å²) in [6, 6.07) is 16.5. The molecule has 1 amide bonds. The van der Waals surface area contributed by atoms with E-state index >= 15 is 0 Å². The molecule has 1 aliphatic heterocycles. The molecule has 9 nitrogen and oxygen atoms in total. The highest BCUT2D eigenvalue weighted by atomic mass is 32.1. The first-order valence-electron chi connectivity index (χ1n) is 14.8. The van der Waals surface area contributed by atoms with Crippen molar-refractivity contribution in [3.63, 3.8) is 0 Å². The van der Waals surface area contributed by atoms with E-state index < -0.39 is 17.7 Å². The van der Waals surface area contributed by atoms with E-state index in [0.29, 0.717) is 64.6 Å². The van der Waals surface area contributed by atoms with Gasteiger partial charge in [0.15, 0.2) is 16.6 Å². The maximum atomic E-state index is 13.8. The lowest BCUT2D eigenvalue weighted by Gasteiger charge is -2.24. The van der Waals surface area contributed by atoms with Crippen molar-refractivity contribution >= 4 is 44.1 Å². The lowest BCUT2D eigenvalue weighted by Crippen LogP contribution is -2.29. The van der Waals surface area contributed by atoms with Crippen LogP contribution >= 0.6 is 11.3 Å². The molecule has 1 aliphatic rings. The number of thiazole rings is 1. The van der Waals surface area contributed by atoms with Crippen LogP contribution in [0.1, 0.15) is 57.2 Å². The molecule has 1 unspecified atom stereocenters. The van der Waals surface area contributed by atoms with Gasteiger partial charge in [0.25, 0.3) is 5.78 Å². The summed E-state index contributed by atoms with van der Waals surface area (Å²) in [5, 5.41) is 11.9. The van der Waals surface area contributed by atoms with Crippen LogP contribution < -0.4 is 23.8 Å². The van der Waals surface area contributed by atoms with Gasteiger partial charge in [-0.3, -0.25) is 14.5 Å². The van der Waals surface area contributed by atoms with E-state index in [9.17, 15) is 14.7 Å². The minimum Gasteiger partial charge on any atom is -0.507 e. The summed E-state index contributed by atoms with van der Waals surface area (Å²) in [6.07, 6.45) is 3.04. The summed E-state index contributed by atoms with van der Waals surface area (Å²) in [5.74, 6) is 0.447. The topological polar surface area (TPSA) is 107 Å². The third kappa shape index (κ3) is 6.21. The van der Waals surface area contributed by atoms with Crippen molar-refractivity contribution in [3.05, 3.63) is 77.4 Å². The zero-order valence-corrected chi connectivity index (χ0v) is 26.1. The number of benzene rings is 3. The van der Waals surface area contributed by atoms with Crippen LogP contribution in [0.2, 0.25) is 0 Å². The van der Waals surface area contributed by atoms with Crippen LogP contribution in [0.15, 0.2) is 66.2 Å². The maximum absolute atomic E-state index is 13.8. The summed E-state index contributed by atoms with van der Waals surface area (Å²) in [4.78, 5) is 33.5. The molecule has 5 rings (SSSR count). The second-order valence-corrected chi connectivity index (χ2v) is 11.2. The number of rotatable bonds is 13. The van der Waals surface area contributed by atoms with Gasteiger partial charge < -0.3 is 24.1 Å². The number of ether oxygens (including phenoxy) is 4. The fourth-order valence-corrected chi connectivity index (χ4v) is 6.14. The summed E-state index contributed by atoms with van der Waals surface area (Å²) in [6.45, 7) is 7.35. The molecule has 1 fully saturated rings. The molecule has 4 aromatic rings. The number of hydrogen-bond donors (Lipinski definition) is 1. The highest BCUT2D eigenvalue weighted by Crippen LogP contribution is 2.46. The van der Waals surface area contributed by atoms with Gasteiger partial charge in [0.2, 0.25) is 0 Å². The summed E-state index contributed by atoms with van der Waals surface area (Å²) in [7, 11) is 1.54. The average Bonchev–Trinajstić information content (AvgIpc) is 3.57.